The van der Waals surface area contributed by atoms with Gasteiger partial charge in [-0.2, -0.15) is 4.98 Å². The quantitative estimate of drug-likeness (QED) is 0.266. The van der Waals surface area contributed by atoms with E-state index in [1.807, 2.05) is 43.3 Å². The molecule has 2 N–H and O–H groups in total. The summed E-state index contributed by atoms with van der Waals surface area (Å²) in [7, 11) is 4.80. The Labute approximate surface area is 231 Å². The van der Waals surface area contributed by atoms with E-state index in [-0.39, 0.29) is 5.91 Å². The SMILES string of the molecule is COc1ccc(NC(=O)C2=C(C)Nc3nc(SCc4ccccc4)nn3[C@@H]2c2cc(OC)ccc2OC)cc1. The summed E-state index contributed by atoms with van der Waals surface area (Å²) in [4.78, 5) is 18.6. The second-order valence-electron chi connectivity index (χ2n) is 8.79. The second kappa shape index (κ2) is 11.5. The average molecular weight is 544 g/mol. The van der Waals surface area contributed by atoms with Gasteiger partial charge in [0.15, 0.2) is 0 Å². The molecule has 10 heteroatoms. The maximum absolute atomic E-state index is 13.8. The summed E-state index contributed by atoms with van der Waals surface area (Å²) >= 11 is 1.53. The number of ether oxygens (including phenoxy) is 3. The van der Waals surface area contributed by atoms with Gasteiger partial charge >= 0.3 is 0 Å². The molecular formula is C29H29N5O4S. The van der Waals surface area contributed by atoms with E-state index in [0.717, 1.165) is 5.56 Å². The van der Waals surface area contributed by atoms with Gasteiger partial charge in [0.05, 0.1) is 26.9 Å². The fourth-order valence-corrected chi connectivity index (χ4v) is 5.21. The van der Waals surface area contributed by atoms with Crippen molar-refractivity contribution in [1.29, 1.82) is 0 Å². The molecule has 0 saturated heterocycles. The van der Waals surface area contributed by atoms with Crippen molar-refractivity contribution in [3.63, 3.8) is 0 Å². The predicted molar refractivity (Wildman–Crippen MR) is 152 cm³/mol. The number of carbonyl (C=O) groups is 1. The molecule has 0 aliphatic carbocycles. The van der Waals surface area contributed by atoms with Crippen LogP contribution in [0.2, 0.25) is 0 Å². The minimum Gasteiger partial charge on any atom is -0.497 e. The minimum absolute atomic E-state index is 0.278. The van der Waals surface area contributed by atoms with Crippen LogP contribution in [0.3, 0.4) is 0 Å². The van der Waals surface area contributed by atoms with Gasteiger partial charge in [-0.3, -0.25) is 4.79 Å². The lowest BCUT2D eigenvalue weighted by atomic mass is 9.94. The molecule has 200 valence electrons. The lowest BCUT2D eigenvalue weighted by Crippen LogP contribution is -2.31. The van der Waals surface area contributed by atoms with Crippen LogP contribution >= 0.6 is 11.8 Å². The number of thioether (sulfide) groups is 1. The summed E-state index contributed by atoms with van der Waals surface area (Å²) in [5, 5.41) is 11.7. The Balaban J connectivity index is 1.54. The first-order valence-electron chi connectivity index (χ1n) is 12.3. The number of amides is 1. The molecule has 1 atom stereocenters. The molecule has 39 heavy (non-hydrogen) atoms. The number of nitrogens with zero attached hydrogens (tertiary/aromatic N) is 3. The number of hydrogen-bond acceptors (Lipinski definition) is 8. The third-order valence-corrected chi connectivity index (χ3v) is 7.28. The summed E-state index contributed by atoms with van der Waals surface area (Å²) in [6.07, 6.45) is 0. The van der Waals surface area contributed by atoms with Crippen LogP contribution in [0.4, 0.5) is 11.6 Å². The molecule has 3 aromatic carbocycles. The van der Waals surface area contributed by atoms with E-state index in [2.05, 4.69) is 22.8 Å². The third kappa shape index (κ3) is 5.56. The Morgan fingerprint density at radius 1 is 0.974 bits per heavy atom. The molecule has 4 aromatic rings. The molecule has 0 fully saturated rings. The number of aromatic nitrogens is 3. The number of carbonyl (C=O) groups excluding carboxylic acids is 1. The largest absolute Gasteiger partial charge is 0.497 e. The summed E-state index contributed by atoms with van der Waals surface area (Å²) in [6.45, 7) is 1.86. The first-order chi connectivity index (χ1) is 19.0. The van der Waals surface area contributed by atoms with Crippen molar-refractivity contribution in [3.8, 4) is 17.2 Å². The molecule has 1 aromatic heterocycles. The van der Waals surface area contributed by atoms with Gasteiger partial charge in [0.1, 0.15) is 23.3 Å². The van der Waals surface area contributed by atoms with Crippen molar-refractivity contribution >= 4 is 29.3 Å². The smallest absolute Gasteiger partial charge is 0.255 e. The monoisotopic (exact) mass is 543 g/mol. The van der Waals surface area contributed by atoms with Gasteiger partial charge in [-0.25, -0.2) is 4.68 Å². The Morgan fingerprint density at radius 2 is 1.69 bits per heavy atom. The molecule has 9 nitrogen and oxygen atoms in total. The lowest BCUT2D eigenvalue weighted by Gasteiger charge is -2.29. The maximum atomic E-state index is 13.8. The van der Waals surface area contributed by atoms with E-state index in [4.69, 9.17) is 24.3 Å². The first kappa shape index (κ1) is 26.2. The number of rotatable bonds is 9. The average Bonchev–Trinajstić information content (AvgIpc) is 3.38. The van der Waals surface area contributed by atoms with Crippen molar-refractivity contribution in [2.75, 3.05) is 32.0 Å². The van der Waals surface area contributed by atoms with Gasteiger partial charge in [-0.1, -0.05) is 42.1 Å². The number of nitrogens with one attached hydrogen (secondary N) is 2. The molecule has 2 heterocycles. The van der Waals surface area contributed by atoms with Crippen LogP contribution in [0.25, 0.3) is 0 Å². The molecule has 1 amide bonds. The Hall–Kier alpha value is -4.44. The van der Waals surface area contributed by atoms with Crippen molar-refractivity contribution in [3.05, 3.63) is 95.2 Å². The van der Waals surface area contributed by atoms with Crippen molar-refractivity contribution in [2.45, 2.75) is 23.9 Å². The summed E-state index contributed by atoms with van der Waals surface area (Å²) < 4.78 is 18.2. The summed E-state index contributed by atoms with van der Waals surface area (Å²) in [5.41, 5.74) is 3.68. The molecule has 0 radical (unpaired) electrons. The van der Waals surface area contributed by atoms with Gasteiger partial charge in [0, 0.05) is 22.7 Å². The minimum atomic E-state index is -0.622. The Bertz CT molecular complexity index is 1500. The molecule has 0 saturated carbocycles. The summed E-state index contributed by atoms with van der Waals surface area (Å²) in [5.74, 6) is 2.92. The molecule has 5 rings (SSSR count). The zero-order valence-corrected chi connectivity index (χ0v) is 22.9. The van der Waals surface area contributed by atoms with Crippen LogP contribution in [-0.4, -0.2) is 42.0 Å². The van der Waals surface area contributed by atoms with E-state index in [0.29, 0.717) is 51.1 Å². The van der Waals surface area contributed by atoms with Crippen molar-refractivity contribution in [2.24, 2.45) is 0 Å². The van der Waals surface area contributed by atoms with Gasteiger partial charge < -0.3 is 24.8 Å². The normalized spacial score (nSPS) is 14.3. The van der Waals surface area contributed by atoms with Crippen LogP contribution in [0.15, 0.2) is 89.2 Å². The topological polar surface area (TPSA) is 99.5 Å². The Kier molecular flexibility index (Phi) is 7.74. The van der Waals surface area contributed by atoms with E-state index in [9.17, 15) is 4.79 Å². The lowest BCUT2D eigenvalue weighted by molar-refractivity contribution is -0.113. The second-order valence-corrected chi connectivity index (χ2v) is 9.74. The van der Waals surface area contributed by atoms with Crippen LogP contribution < -0.4 is 24.8 Å². The van der Waals surface area contributed by atoms with Gasteiger partial charge in [0.2, 0.25) is 11.1 Å². The molecule has 1 aliphatic heterocycles. The zero-order chi connectivity index (χ0) is 27.4. The van der Waals surface area contributed by atoms with E-state index < -0.39 is 6.04 Å². The summed E-state index contributed by atoms with van der Waals surface area (Å²) in [6, 6.07) is 22.2. The third-order valence-electron chi connectivity index (χ3n) is 6.37. The fourth-order valence-electron chi connectivity index (χ4n) is 4.42. The predicted octanol–water partition coefficient (Wildman–Crippen LogP) is 5.52. The highest BCUT2D eigenvalue weighted by molar-refractivity contribution is 7.98. The molecule has 0 bridgehead atoms. The number of anilines is 2. The van der Waals surface area contributed by atoms with E-state index in [1.54, 1.807) is 50.3 Å². The molecule has 1 aliphatic rings. The highest BCUT2D eigenvalue weighted by Crippen LogP contribution is 2.41. The maximum Gasteiger partial charge on any atom is 0.255 e. The first-order valence-corrected chi connectivity index (χ1v) is 13.3. The van der Waals surface area contributed by atoms with Gasteiger partial charge in [-0.15, -0.1) is 5.10 Å². The number of methoxy groups -OCH3 is 3. The van der Waals surface area contributed by atoms with Crippen molar-refractivity contribution in [1.82, 2.24) is 14.8 Å². The van der Waals surface area contributed by atoms with Gasteiger partial charge in [0.25, 0.3) is 5.91 Å². The molecule has 0 spiro atoms. The van der Waals surface area contributed by atoms with Crippen LogP contribution in [0.1, 0.15) is 24.1 Å². The zero-order valence-electron chi connectivity index (χ0n) is 22.1. The van der Waals surface area contributed by atoms with E-state index >= 15 is 0 Å². The van der Waals surface area contributed by atoms with Crippen LogP contribution in [0, 0.1) is 0 Å². The molecule has 0 unspecified atom stereocenters. The number of fused-ring (bicyclic) bond motifs is 1. The highest BCUT2D eigenvalue weighted by atomic mass is 32.2. The Morgan fingerprint density at radius 3 is 2.38 bits per heavy atom. The number of allylic oxidation sites excluding steroid dienone is 1. The standard InChI is InChI=1S/C29H29N5O4S/c1-18-25(27(35)31-20-10-12-21(36-2)13-11-20)26(23-16-22(37-3)14-15-24(23)38-4)34-28(30-18)32-29(33-34)39-17-19-8-6-5-7-9-19/h5-16,26H,17H2,1-4H3,(H,31,35)(H,30,32,33)/t26-/m1/s1. The van der Waals surface area contributed by atoms with Gasteiger partial charge in [-0.05, 0) is 55.0 Å². The fraction of sp³-hybridized carbons (Fsp3) is 0.207. The van der Waals surface area contributed by atoms with Crippen LogP contribution in [0.5, 0.6) is 17.2 Å². The number of hydrogen-bond donors (Lipinski definition) is 2. The van der Waals surface area contributed by atoms with Crippen molar-refractivity contribution < 1.29 is 19.0 Å². The molecular weight excluding hydrogens is 514 g/mol. The number of benzene rings is 3. The van der Waals surface area contributed by atoms with E-state index in [1.165, 1.54) is 17.3 Å². The van der Waals surface area contributed by atoms with Crippen LogP contribution in [-0.2, 0) is 10.5 Å². The highest BCUT2D eigenvalue weighted by Gasteiger charge is 2.36.